The molecule has 2 N–H and O–H groups in total. The van der Waals surface area contributed by atoms with E-state index in [9.17, 15) is 0 Å². The number of nitrogens with two attached hydrogens (primary N) is 1. The van der Waals surface area contributed by atoms with Gasteiger partial charge in [-0.15, -0.1) is 0 Å². The summed E-state index contributed by atoms with van der Waals surface area (Å²) >= 11 is 0. The van der Waals surface area contributed by atoms with Gasteiger partial charge in [0.05, 0.1) is 0 Å². The molecule has 2 saturated carbocycles. The molecule has 74 valence electrons. The summed E-state index contributed by atoms with van der Waals surface area (Å²) < 4.78 is 0. The topological polar surface area (TPSA) is 29.3 Å². The van der Waals surface area contributed by atoms with Crippen molar-refractivity contribution in [2.24, 2.45) is 17.6 Å². The second-order valence-electron chi connectivity index (χ2n) is 5.28. The van der Waals surface area contributed by atoms with Gasteiger partial charge < -0.3 is 5.73 Å². The van der Waals surface area contributed by atoms with Crippen molar-refractivity contribution in [2.75, 3.05) is 19.6 Å². The van der Waals surface area contributed by atoms with Crippen molar-refractivity contribution < 1.29 is 0 Å². The van der Waals surface area contributed by atoms with Gasteiger partial charge in [-0.05, 0) is 37.5 Å². The van der Waals surface area contributed by atoms with E-state index in [0.717, 1.165) is 18.4 Å². The zero-order valence-electron chi connectivity index (χ0n) is 8.34. The van der Waals surface area contributed by atoms with Crippen molar-refractivity contribution in [3.63, 3.8) is 0 Å². The van der Waals surface area contributed by atoms with E-state index in [1.165, 1.54) is 45.2 Å². The fraction of sp³-hybridized carbons (Fsp3) is 1.00. The van der Waals surface area contributed by atoms with Crippen molar-refractivity contribution >= 4 is 0 Å². The van der Waals surface area contributed by atoms with Crippen molar-refractivity contribution in [3.8, 4) is 0 Å². The number of likely N-dealkylation sites (tertiary alicyclic amines) is 1. The molecule has 0 aromatic heterocycles. The number of fused-ring (bicyclic) bond motifs is 1. The Morgan fingerprint density at radius 1 is 1.15 bits per heavy atom. The maximum Gasteiger partial charge on any atom is 0.0333 e. The van der Waals surface area contributed by atoms with Crippen molar-refractivity contribution in [2.45, 2.75) is 37.6 Å². The first-order valence-electron chi connectivity index (χ1n) is 5.79. The molecule has 3 aliphatic rings. The van der Waals surface area contributed by atoms with Crippen LogP contribution in [-0.2, 0) is 0 Å². The standard InChI is InChI=1S/C11H20N2/c12-8-11(4-5-11)13-6-9-2-1-3-10(9)7-13/h9-10H,1-8,12H2. The lowest BCUT2D eigenvalue weighted by Gasteiger charge is -2.27. The second-order valence-corrected chi connectivity index (χ2v) is 5.28. The summed E-state index contributed by atoms with van der Waals surface area (Å²) in [4.78, 5) is 2.71. The highest BCUT2D eigenvalue weighted by atomic mass is 15.3. The van der Waals surface area contributed by atoms with Gasteiger partial charge in [-0.1, -0.05) is 6.42 Å². The third kappa shape index (κ3) is 1.15. The predicted molar refractivity (Wildman–Crippen MR) is 53.4 cm³/mol. The lowest BCUT2D eigenvalue weighted by Crippen LogP contribution is -2.41. The molecule has 0 radical (unpaired) electrons. The summed E-state index contributed by atoms with van der Waals surface area (Å²) in [5, 5.41) is 0. The van der Waals surface area contributed by atoms with Gasteiger partial charge in [0.25, 0.3) is 0 Å². The molecule has 3 fully saturated rings. The summed E-state index contributed by atoms with van der Waals surface area (Å²) in [6.07, 6.45) is 7.19. The fourth-order valence-corrected chi connectivity index (χ4v) is 3.42. The average Bonchev–Trinajstić information content (AvgIpc) is 2.63. The van der Waals surface area contributed by atoms with Crippen LogP contribution in [0.15, 0.2) is 0 Å². The fourth-order valence-electron chi connectivity index (χ4n) is 3.42. The average molecular weight is 180 g/mol. The molecular formula is C11H20N2. The molecular weight excluding hydrogens is 160 g/mol. The molecule has 2 nitrogen and oxygen atoms in total. The van der Waals surface area contributed by atoms with Gasteiger partial charge in [-0.25, -0.2) is 0 Å². The third-order valence-electron chi connectivity index (χ3n) is 4.60. The van der Waals surface area contributed by atoms with Crippen LogP contribution in [0, 0.1) is 11.8 Å². The highest BCUT2D eigenvalue weighted by Gasteiger charge is 2.51. The van der Waals surface area contributed by atoms with Crippen LogP contribution in [0.25, 0.3) is 0 Å². The van der Waals surface area contributed by atoms with E-state index >= 15 is 0 Å². The number of nitrogens with zero attached hydrogens (tertiary/aromatic N) is 1. The Kier molecular flexibility index (Phi) is 1.72. The van der Waals surface area contributed by atoms with E-state index in [1.54, 1.807) is 0 Å². The maximum atomic E-state index is 5.86. The Balaban J connectivity index is 1.69. The molecule has 2 unspecified atom stereocenters. The van der Waals surface area contributed by atoms with Crippen molar-refractivity contribution in [3.05, 3.63) is 0 Å². The number of hydrogen-bond donors (Lipinski definition) is 1. The van der Waals surface area contributed by atoms with E-state index in [4.69, 9.17) is 5.73 Å². The van der Waals surface area contributed by atoms with Gasteiger partial charge in [0.2, 0.25) is 0 Å². The normalized spacial score (nSPS) is 42.2. The first-order chi connectivity index (χ1) is 6.34. The maximum absolute atomic E-state index is 5.86. The molecule has 0 spiro atoms. The van der Waals surface area contributed by atoms with Gasteiger partial charge in [0.15, 0.2) is 0 Å². The summed E-state index contributed by atoms with van der Waals surface area (Å²) in [7, 11) is 0. The van der Waals surface area contributed by atoms with Crippen LogP contribution < -0.4 is 5.73 Å². The minimum absolute atomic E-state index is 0.477. The smallest absolute Gasteiger partial charge is 0.0333 e. The van der Waals surface area contributed by atoms with Crippen LogP contribution in [0.4, 0.5) is 0 Å². The van der Waals surface area contributed by atoms with Crippen LogP contribution in [0.3, 0.4) is 0 Å². The van der Waals surface area contributed by atoms with Gasteiger partial charge in [-0.2, -0.15) is 0 Å². The second kappa shape index (κ2) is 2.71. The molecule has 1 heterocycles. The van der Waals surface area contributed by atoms with Crippen molar-refractivity contribution in [1.82, 2.24) is 4.90 Å². The molecule has 13 heavy (non-hydrogen) atoms. The van der Waals surface area contributed by atoms with Crippen LogP contribution in [0.5, 0.6) is 0 Å². The molecule has 0 amide bonds. The van der Waals surface area contributed by atoms with E-state index in [1.807, 2.05) is 0 Å². The number of rotatable bonds is 2. The number of hydrogen-bond acceptors (Lipinski definition) is 2. The molecule has 2 aliphatic carbocycles. The molecule has 0 bridgehead atoms. The summed E-state index contributed by atoms with van der Waals surface area (Å²) in [5.41, 5.74) is 6.33. The Bertz CT molecular complexity index is 198. The van der Waals surface area contributed by atoms with Gasteiger partial charge in [0.1, 0.15) is 0 Å². The van der Waals surface area contributed by atoms with E-state index in [0.29, 0.717) is 5.54 Å². The lowest BCUT2D eigenvalue weighted by atomic mass is 10.0. The Morgan fingerprint density at radius 2 is 1.77 bits per heavy atom. The first-order valence-corrected chi connectivity index (χ1v) is 5.79. The molecule has 0 aromatic rings. The zero-order chi connectivity index (χ0) is 8.89. The summed E-state index contributed by atoms with van der Waals surface area (Å²) in [5.74, 6) is 2.06. The van der Waals surface area contributed by atoms with Crippen LogP contribution in [0.1, 0.15) is 32.1 Å². The van der Waals surface area contributed by atoms with E-state index in [2.05, 4.69) is 4.90 Å². The van der Waals surface area contributed by atoms with Gasteiger partial charge in [0, 0.05) is 25.2 Å². The molecule has 3 rings (SSSR count). The van der Waals surface area contributed by atoms with E-state index < -0.39 is 0 Å². The Hall–Kier alpha value is -0.0800. The predicted octanol–water partition coefficient (Wildman–Crippen LogP) is 1.21. The van der Waals surface area contributed by atoms with E-state index in [-0.39, 0.29) is 0 Å². The zero-order valence-corrected chi connectivity index (χ0v) is 8.34. The van der Waals surface area contributed by atoms with Gasteiger partial charge in [-0.3, -0.25) is 4.90 Å². The van der Waals surface area contributed by atoms with Gasteiger partial charge >= 0.3 is 0 Å². The first kappa shape index (κ1) is 8.25. The molecule has 2 heteroatoms. The largest absolute Gasteiger partial charge is 0.329 e. The third-order valence-corrected chi connectivity index (χ3v) is 4.60. The minimum atomic E-state index is 0.477. The highest BCUT2D eigenvalue weighted by molar-refractivity contribution is 5.08. The summed E-state index contributed by atoms with van der Waals surface area (Å²) in [6, 6.07) is 0. The molecule has 0 aromatic carbocycles. The molecule has 1 saturated heterocycles. The Morgan fingerprint density at radius 3 is 2.23 bits per heavy atom. The summed E-state index contributed by atoms with van der Waals surface area (Å²) in [6.45, 7) is 3.62. The lowest BCUT2D eigenvalue weighted by molar-refractivity contribution is 0.210. The highest BCUT2D eigenvalue weighted by Crippen LogP contribution is 2.47. The molecule has 2 atom stereocenters. The monoisotopic (exact) mass is 180 g/mol. The van der Waals surface area contributed by atoms with Crippen LogP contribution in [0.2, 0.25) is 0 Å². The molecule has 1 aliphatic heterocycles. The van der Waals surface area contributed by atoms with Crippen molar-refractivity contribution in [1.29, 1.82) is 0 Å². The Labute approximate surface area is 80.5 Å². The quantitative estimate of drug-likeness (QED) is 0.692. The van der Waals surface area contributed by atoms with Crippen LogP contribution >= 0.6 is 0 Å². The SMILES string of the molecule is NCC1(N2CC3CCCC3C2)CC1. The minimum Gasteiger partial charge on any atom is -0.329 e. The van der Waals surface area contributed by atoms with Crippen LogP contribution in [-0.4, -0.2) is 30.1 Å².